The Morgan fingerprint density at radius 1 is 1.36 bits per heavy atom. The summed E-state index contributed by atoms with van der Waals surface area (Å²) in [6.45, 7) is 7.70. The minimum atomic E-state index is 0.0687. The molecule has 0 saturated heterocycles. The number of carbonyl (C=O) groups is 1. The van der Waals surface area contributed by atoms with Crippen LogP contribution >= 0.6 is 11.3 Å². The molecule has 0 spiro atoms. The highest BCUT2D eigenvalue weighted by atomic mass is 32.1. The van der Waals surface area contributed by atoms with Crippen LogP contribution in [0.3, 0.4) is 0 Å². The van der Waals surface area contributed by atoms with Crippen LogP contribution in [-0.2, 0) is 11.2 Å². The van der Waals surface area contributed by atoms with Crippen LogP contribution in [-0.4, -0.2) is 23.9 Å². The zero-order valence-corrected chi connectivity index (χ0v) is 14.2. The Morgan fingerprint density at radius 3 is 3.00 bits per heavy atom. The van der Waals surface area contributed by atoms with E-state index >= 15 is 0 Å². The van der Waals surface area contributed by atoms with Crippen LogP contribution in [0.1, 0.15) is 34.5 Å². The van der Waals surface area contributed by atoms with E-state index in [4.69, 9.17) is 0 Å². The molecule has 1 N–H and O–H groups in total. The normalized spacial score (nSPS) is 18.0. The molecule has 0 radical (unpaired) electrons. The van der Waals surface area contributed by atoms with Gasteiger partial charge in [-0.3, -0.25) is 9.69 Å². The third-order valence-corrected chi connectivity index (χ3v) is 5.63. The Morgan fingerprint density at radius 2 is 2.18 bits per heavy atom. The van der Waals surface area contributed by atoms with Gasteiger partial charge in [-0.25, -0.2) is 0 Å². The van der Waals surface area contributed by atoms with Crippen molar-refractivity contribution >= 4 is 22.9 Å². The SMILES string of the molecule is Cc1cccc(NC(=O)CN2CCc3sccc3[C@@H]2C)c1C. The third kappa shape index (κ3) is 2.94. The fourth-order valence-corrected chi connectivity index (χ4v) is 4.00. The Hall–Kier alpha value is -1.65. The molecule has 1 aromatic heterocycles. The zero-order valence-electron chi connectivity index (χ0n) is 13.3. The number of benzene rings is 1. The topological polar surface area (TPSA) is 32.3 Å². The highest BCUT2D eigenvalue weighted by Gasteiger charge is 2.26. The number of aryl methyl sites for hydroxylation is 1. The average Bonchev–Trinajstić information content (AvgIpc) is 2.96. The van der Waals surface area contributed by atoms with Crippen LogP contribution in [0.15, 0.2) is 29.6 Å². The molecule has 116 valence electrons. The van der Waals surface area contributed by atoms with Crippen LogP contribution in [0, 0.1) is 13.8 Å². The summed E-state index contributed by atoms with van der Waals surface area (Å²) in [6, 6.07) is 8.53. The first kappa shape index (κ1) is 15.3. The van der Waals surface area contributed by atoms with Crippen molar-refractivity contribution < 1.29 is 4.79 Å². The number of hydrogen-bond donors (Lipinski definition) is 1. The molecule has 22 heavy (non-hydrogen) atoms. The first-order valence-electron chi connectivity index (χ1n) is 7.72. The van der Waals surface area contributed by atoms with E-state index in [1.807, 2.05) is 30.4 Å². The Balaban J connectivity index is 1.67. The van der Waals surface area contributed by atoms with Crippen LogP contribution < -0.4 is 5.32 Å². The van der Waals surface area contributed by atoms with Crippen LogP contribution in [0.2, 0.25) is 0 Å². The van der Waals surface area contributed by atoms with Gasteiger partial charge in [0.05, 0.1) is 6.54 Å². The van der Waals surface area contributed by atoms with Crippen LogP contribution in [0.5, 0.6) is 0 Å². The maximum atomic E-state index is 12.4. The van der Waals surface area contributed by atoms with Gasteiger partial charge in [0.25, 0.3) is 0 Å². The largest absolute Gasteiger partial charge is 0.325 e. The lowest BCUT2D eigenvalue weighted by Crippen LogP contribution is -2.39. The summed E-state index contributed by atoms with van der Waals surface area (Å²) in [4.78, 5) is 16.1. The smallest absolute Gasteiger partial charge is 0.238 e. The van der Waals surface area contributed by atoms with Crippen molar-refractivity contribution in [2.24, 2.45) is 0 Å². The molecule has 2 aromatic rings. The average molecular weight is 314 g/mol. The van der Waals surface area contributed by atoms with E-state index in [0.29, 0.717) is 12.6 Å². The molecule has 0 fully saturated rings. The summed E-state index contributed by atoms with van der Waals surface area (Å²) in [5.41, 5.74) is 4.65. The van der Waals surface area contributed by atoms with Crippen molar-refractivity contribution in [3.8, 4) is 0 Å². The third-order valence-electron chi connectivity index (χ3n) is 4.63. The first-order valence-corrected chi connectivity index (χ1v) is 8.60. The number of fused-ring (bicyclic) bond motifs is 1. The van der Waals surface area contributed by atoms with Gasteiger partial charge in [0, 0.05) is 23.2 Å². The van der Waals surface area contributed by atoms with E-state index in [0.717, 1.165) is 24.2 Å². The molecule has 4 heteroatoms. The minimum absolute atomic E-state index is 0.0687. The Kier molecular flexibility index (Phi) is 4.32. The second-order valence-corrected chi connectivity index (χ2v) is 6.99. The molecule has 3 nitrogen and oxygen atoms in total. The molecular weight excluding hydrogens is 292 g/mol. The number of thiophene rings is 1. The molecule has 1 aliphatic rings. The number of rotatable bonds is 3. The van der Waals surface area contributed by atoms with Crippen LogP contribution in [0.4, 0.5) is 5.69 Å². The molecule has 1 aromatic carbocycles. The van der Waals surface area contributed by atoms with Crippen molar-refractivity contribution in [2.45, 2.75) is 33.2 Å². The maximum Gasteiger partial charge on any atom is 0.238 e. The highest BCUT2D eigenvalue weighted by molar-refractivity contribution is 7.10. The van der Waals surface area contributed by atoms with Gasteiger partial charge in [0.1, 0.15) is 0 Å². The van der Waals surface area contributed by atoms with E-state index < -0.39 is 0 Å². The molecule has 0 unspecified atom stereocenters. The Bertz CT molecular complexity index is 692. The molecule has 0 bridgehead atoms. The monoisotopic (exact) mass is 314 g/mol. The van der Waals surface area contributed by atoms with E-state index in [1.54, 1.807) is 0 Å². The molecule has 2 heterocycles. The maximum absolute atomic E-state index is 12.4. The number of carbonyl (C=O) groups excluding carboxylic acids is 1. The van der Waals surface area contributed by atoms with Gasteiger partial charge in [0.2, 0.25) is 5.91 Å². The summed E-state index contributed by atoms with van der Waals surface area (Å²) in [5, 5.41) is 5.21. The summed E-state index contributed by atoms with van der Waals surface area (Å²) >= 11 is 1.83. The number of nitrogens with one attached hydrogen (secondary N) is 1. The second kappa shape index (κ2) is 6.23. The summed E-state index contributed by atoms with van der Waals surface area (Å²) in [7, 11) is 0. The van der Waals surface area contributed by atoms with Gasteiger partial charge in [0.15, 0.2) is 0 Å². The van der Waals surface area contributed by atoms with Crippen molar-refractivity contribution in [2.75, 3.05) is 18.4 Å². The van der Waals surface area contributed by atoms with Crippen molar-refractivity contribution in [1.82, 2.24) is 4.90 Å². The van der Waals surface area contributed by atoms with E-state index in [1.165, 1.54) is 16.0 Å². The fourth-order valence-electron chi connectivity index (χ4n) is 3.04. The van der Waals surface area contributed by atoms with E-state index in [2.05, 4.69) is 41.6 Å². The lowest BCUT2D eigenvalue weighted by atomic mass is 10.0. The number of hydrogen-bond acceptors (Lipinski definition) is 3. The molecular formula is C18H22N2OS. The van der Waals surface area contributed by atoms with Gasteiger partial charge in [-0.1, -0.05) is 12.1 Å². The lowest BCUT2D eigenvalue weighted by Gasteiger charge is -2.33. The predicted molar refractivity (Wildman–Crippen MR) is 92.6 cm³/mol. The summed E-state index contributed by atoms with van der Waals surface area (Å²) in [5.74, 6) is 0.0687. The minimum Gasteiger partial charge on any atom is -0.325 e. The zero-order chi connectivity index (χ0) is 15.7. The predicted octanol–water partition coefficient (Wildman–Crippen LogP) is 3.92. The number of nitrogens with zero attached hydrogens (tertiary/aromatic N) is 1. The van der Waals surface area contributed by atoms with Gasteiger partial charge >= 0.3 is 0 Å². The molecule has 1 atom stereocenters. The van der Waals surface area contributed by atoms with Crippen molar-refractivity contribution in [3.63, 3.8) is 0 Å². The van der Waals surface area contributed by atoms with Gasteiger partial charge < -0.3 is 5.32 Å². The summed E-state index contributed by atoms with van der Waals surface area (Å²) < 4.78 is 0. The van der Waals surface area contributed by atoms with Crippen LogP contribution in [0.25, 0.3) is 0 Å². The molecule has 0 saturated carbocycles. The van der Waals surface area contributed by atoms with Crippen molar-refractivity contribution in [3.05, 3.63) is 51.2 Å². The van der Waals surface area contributed by atoms with E-state index in [-0.39, 0.29) is 5.91 Å². The molecule has 0 aliphatic carbocycles. The second-order valence-electron chi connectivity index (χ2n) is 5.99. The van der Waals surface area contributed by atoms with Gasteiger partial charge in [-0.2, -0.15) is 0 Å². The van der Waals surface area contributed by atoms with Gasteiger partial charge in [-0.15, -0.1) is 11.3 Å². The Labute approximate surface area is 136 Å². The summed E-state index contributed by atoms with van der Waals surface area (Å²) in [6.07, 6.45) is 1.05. The first-order chi connectivity index (χ1) is 10.6. The van der Waals surface area contributed by atoms with E-state index in [9.17, 15) is 4.79 Å². The van der Waals surface area contributed by atoms with Gasteiger partial charge in [-0.05, 0) is 61.4 Å². The lowest BCUT2D eigenvalue weighted by molar-refractivity contribution is -0.117. The standard InChI is InChI=1S/C18H22N2OS/c1-12-5-4-6-16(13(12)2)19-18(21)11-20-9-7-17-15(14(20)3)8-10-22-17/h4-6,8,10,14H,7,9,11H2,1-3H3,(H,19,21)/t14-/m0/s1. The number of amides is 1. The highest BCUT2D eigenvalue weighted by Crippen LogP contribution is 2.32. The fraction of sp³-hybridized carbons (Fsp3) is 0.389. The quantitative estimate of drug-likeness (QED) is 0.931. The molecule has 1 aliphatic heterocycles. The number of anilines is 1. The van der Waals surface area contributed by atoms with Crippen molar-refractivity contribution in [1.29, 1.82) is 0 Å². The molecule has 1 amide bonds. The molecule has 3 rings (SSSR count).